The third-order valence-electron chi connectivity index (χ3n) is 5.99. The van der Waals surface area contributed by atoms with Gasteiger partial charge in [-0.15, -0.1) is 0 Å². The molecule has 2 atom stereocenters. The molecule has 0 fully saturated rings. The lowest BCUT2D eigenvalue weighted by atomic mass is 10.0. The van der Waals surface area contributed by atoms with E-state index in [1.54, 1.807) is 25.1 Å². The first-order valence-corrected chi connectivity index (χ1v) is 11.8. The van der Waals surface area contributed by atoms with Crippen molar-refractivity contribution in [1.29, 1.82) is 0 Å². The lowest BCUT2D eigenvalue weighted by Gasteiger charge is -2.31. The quantitative estimate of drug-likeness (QED) is 0.377. The summed E-state index contributed by atoms with van der Waals surface area (Å²) in [5.41, 5.74) is 3.03. The molecule has 0 saturated carbocycles. The molecule has 190 valence electrons. The van der Waals surface area contributed by atoms with E-state index >= 15 is 0 Å². The Bertz CT molecular complexity index is 1130. The van der Waals surface area contributed by atoms with Gasteiger partial charge in [0.1, 0.15) is 0 Å². The maximum absolute atomic E-state index is 13.1. The van der Waals surface area contributed by atoms with Crippen LogP contribution in [0.2, 0.25) is 0 Å². The summed E-state index contributed by atoms with van der Waals surface area (Å²) < 4.78 is 45.2. The Morgan fingerprint density at radius 2 is 2.06 bits per heavy atom. The number of fused-ring (bicyclic) bond motifs is 1. The number of benzene rings is 1. The van der Waals surface area contributed by atoms with Crippen LogP contribution >= 0.6 is 0 Å². The molecule has 0 aliphatic heterocycles. The number of carbonyl (C=O) groups is 1. The predicted octanol–water partition coefficient (Wildman–Crippen LogP) is 6.01. The minimum absolute atomic E-state index is 0.139. The highest BCUT2D eigenvalue weighted by Gasteiger charge is 2.29. The van der Waals surface area contributed by atoms with Crippen LogP contribution in [0.15, 0.2) is 42.9 Å². The van der Waals surface area contributed by atoms with E-state index in [-0.39, 0.29) is 18.5 Å². The van der Waals surface area contributed by atoms with Crippen molar-refractivity contribution in [1.82, 2.24) is 24.6 Å². The van der Waals surface area contributed by atoms with Crippen LogP contribution in [0.1, 0.15) is 58.1 Å². The van der Waals surface area contributed by atoms with Crippen LogP contribution in [-0.2, 0) is 0 Å². The zero-order valence-corrected chi connectivity index (χ0v) is 20.5. The lowest BCUT2D eigenvalue weighted by molar-refractivity contribution is -0.136. The van der Waals surface area contributed by atoms with E-state index in [1.807, 2.05) is 54.9 Å². The Morgan fingerprint density at radius 1 is 1.29 bits per heavy atom. The molecule has 1 aromatic carbocycles. The molecular formula is C25H32F3N5O2. The highest BCUT2D eigenvalue weighted by Crippen LogP contribution is 2.28. The van der Waals surface area contributed by atoms with Crippen LogP contribution in [0, 0.1) is 0 Å². The fraction of sp³-hybridized carbons (Fsp3) is 0.480. The first-order chi connectivity index (χ1) is 16.7. The molecule has 35 heavy (non-hydrogen) atoms. The van der Waals surface area contributed by atoms with Gasteiger partial charge >= 0.3 is 12.2 Å². The van der Waals surface area contributed by atoms with E-state index in [0.29, 0.717) is 36.6 Å². The first kappa shape index (κ1) is 26.3. The summed E-state index contributed by atoms with van der Waals surface area (Å²) in [6.07, 6.45) is 1.17. The van der Waals surface area contributed by atoms with E-state index < -0.39 is 18.6 Å². The molecule has 2 amide bonds. The second-order valence-electron chi connectivity index (χ2n) is 8.50. The van der Waals surface area contributed by atoms with Gasteiger partial charge in [0.05, 0.1) is 18.8 Å². The SMILES string of the molecule is CCCN(C(=O)N[C@H](CC)CCC(F)(F)F)[C@H](C)c1cccc(-c2cn3ccnc3c(OC)n2)c1. The van der Waals surface area contributed by atoms with Crippen molar-refractivity contribution in [2.24, 2.45) is 0 Å². The second-order valence-corrected chi connectivity index (χ2v) is 8.50. The summed E-state index contributed by atoms with van der Waals surface area (Å²) >= 11 is 0. The van der Waals surface area contributed by atoms with Crippen LogP contribution in [-0.4, -0.2) is 51.2 Å². The molecule has 2 heterocycles. The van der Waals surface area contributed by atoms with Gasteiger partial charge in [-0.1, -0.05) is 32.0 Å². The third kappa shape index (κ3) is 6.64. The fourth-order valence-corrected chi connectivity index (χ4v) is 4.00. The Morgan fingerprint density at radius 3 is 2.71 bits per heavy atom. The minimum atomic E-state index is -4.24. The van der Waals surface area contributed by atoms with Crippen molar-refractivity contribution >= 4 is 11.7 Å². The summed E-state index contributed by atoms with van der Waals surface area (Å²) in [6.45, 7) is 6.12. The topological polar surface area (TPSA) is 71.8 Å². The molecule has 0 unspecified atom stereocenters. The molecule has 1 N–H and O–H groups in total. The van der Waals surface area contributed by atoms with Crippen molar-refractivity contribution in [2.45, 2.75) is 64.7 Å². The Kier molecular flexibility index (Phi) is 8.58. The van der Waals surface area contributed by atoms with Gasteiger partial charge in [-0.2, -0.15) is 13.2 Å². The molecule has 3 rings (SSSR count). The summed E-state index contributed by atoms with van der Waals surface area (Å²) in [5, 5.41) is 2.80. The number of aromatic nitrogens is 3. The first-order valence-electron chi connectivity index (χ1n) is 11.8. The van der Waals surface area contributed by atoms with Gasteiger partial charge in [-0.05, 0) is 37.8 Å². The molecule has 0 saturated heterocycles. The van der Waals surface area contributed by atoms with E-state index in [4.69, 9.17) is 4.74 Å². The Balaban J connectivity index is 1.83. The van der Waals surface area contributed by atoms with E-state index in [2.05, 4.69) is 15.3 Å². The number of hydrogen-bond acceptors (Lipinski definition) is 4. The summed E-state index contributed by atoms with van der Waals surface area (Å²) in [4.78, 5) is 23.6. The van der Waals surface area contributed by atoms with Crippen molar-refractivity contribution < 1.29 is 22.7 Å². The van der Waals surface area contributed by atoms with Gasteiger partial charge in [-0.25, -0.2) is 14.8 Å². The molecule has 0 radical (unpaired) electrons. The smallest absolute Gasteiger partial charge is 0.389 e. The Labute approximate surface area is 203 Å². The number of imidazole rings is 1. The van der Waals surface area contributed by atoms with Crippen molar-refractivity contribution in [3.8, 4) is 17.1 Å². The van der Waals surface area contributed by atoms with Crippen molar-refractivity contribution in [3.05, 3.63) is 48.4 Å². The number of rotatable bonds is 10. The molecule has 0 aliphatic rings. The Hall–Kier alpha value is -3.30. The number of halogens is 3. The highest BCUT2D eigenvalue weighted by molar-refractivity contribution is 5.75. The zero-order chi connectivity index (χ0) is 25.6. The average Bonchev–Trinajstić information content (AvgIpc) is 3.32. The van der Waals surface area contributed by atoms with E-state index in [9.17, 15) is 18.0 Å². The number of urea groups is 1. The van der Waals surface area contributed by atoms with Crippen LogP contribution < -0.4 is 10.1 Å². The normalized spacial score (nSPS) is 13.5. The summed E-state index contributed by atoms with van der Waals surface area (Å²) in [6, 6.07) is 6.51. The van der Waals surface area contributed by atoms with Gasteiger partial charge in [0.25, 0.3) is 5.88 Å². The standard InChI is InChI=1S/C25H32F3N5O2/c1-5-13-33(24(34)30-20(6-2)10-11-25(26,27)28)17(3)18-8-7-9-19(15-18)21-16-32-14-12-29-22(32)23(31-21)35-4/h7-9,12,14-17,20H,5-6,10-11,13H2,1-4H3,(H,30,34)/t17-,20-/m1/s1. The van der Waals surface area contributed by atoms with Gasteiger partial charge < -0.3 is 19.4 Å². The lowest BCUT2D eigenvalue weighted by Crippen LogP contribution is -2.46. The fourth-order valence-electron chi connectivity index (χ4n) is 4.00. The van der Waals surface area contributed by atoms with Crippen LogP contribution in [0.4, 0.5) is 18.0 Å². The summed E-state index contributed by atoms with van der Waals surface area (Å²) in [7, 11) is 1.54. The number of methoxy groups -OCH3 is 1. The van der Waals surface area contributed by atoms with E-state index in [0.717, 1.165) is 11.1 Å². The maximum Gasteiger partial charge on any atom is 0.389 e. The number of ether oxygens (including phenoxy) is 1. The monoisotopic (exact) mass is 491 g/mol. The molecular weight excluding hydrogens is 459 g/mol. The van der Waals surface area contributed by atoms with Crippen molar-refractivity contribution in [2.75, 3.05) is 13.7 Å². The zero-order valence-electron chi connectivity index (χ0n) is 20.5. The van der Waals surface area contributed by atoms with Gasteiger partial charge in [-0.3, -0.25) is 0 Å². The number of alkyl halides is 3. The van der Waals surface area contributed by atoms with Crippen LogP contribution in [0.25, 0.3) is 16.9 Å². The van der Waals surface area contributed by atoms with Gasteiger partial charge in [0.15, 0.2) is 5.65 Å². The number of carbonyl (C=O) groups excluding carboxylic acids is 1. The molecule has 2 aromatic heterocycles. The van der Waals surface area contributed by atoms with Gasteiger partial charge in [0, 0.05) is 43.2 Å². The molecule has 0 spiro atoms. The summed E-state index contributed by atoms with van der Waals surface area (Å²) in [5.74, 6) is 0.405. The molecule has 0 bridgehead atoms. The molecule has 3 aromatic rings. The number of amides is 2. The molecule has 7 nitrogen and oxygen atoms in total. The predicted molar refractivity (Wildman–Crippen MR) is 128 cm³/mol. The number of nitrogens with zero attached hydrogens (tertiary/aromatic N) is 4. The maximum atomic E-state index is 13.1. The number of hydrogen-bond donors (Lipinski definition) is 1. The molecule has 0 aliphatic carbocycles. The van der Waals surface area contributed by atoms with Gasteiger partial charge in [0.2, 0.25) is 0 Å². The van der Waals surface area contributed by atoms with E-state index in [1.165, 1.54) is 0 Å². The second kappa shape index (κ2) is 11.4. The molecule has 10 heteroatoms. The largest absolute Gasteiger partial charge is 0.478 e. The van der Waals surface area contributed by atoms with Crippen LogP contribution in [0.5, 0.6) is 5.88 Å². The minimum Gasteiger partial charge on any atom is -0.478 e. The number of nitrogens with one attached hydrogen (secondary N) is 1. The average molecular weight is 492 g/mol. The van der Waals surface area contributed by atoms with Crippen molar-refractivity contribution in [3.63, 3.8) is 0 Å². The highest BCUT2D eigenvalue weighted by atomic mass is 19.4. The van der Waals surface area contributed by atoms with Crippen LogP contribution in [0.3, 0.4) is 0 Å². The third-order valence-corrected chi connectivity index (χ3v) is 5.99.